The molecule has 0 fully saturated rings. The first-order valence-electron chi connectivity index (χ1n) is 6.06. The van der Waals surface area contributed by atoms with E-state index in [4.69, 9.17) is 0 Å². The maximum Gasteiger partial charge on any atom is 0.190 e. The number of aryl methyl sites for hydroxylation is 1. The van der Waals surface area contributed by atoms with Crippen molar-refractivity contribution in [3.8, 4) is 0 Å². The van der Waals surface area contributed by atoms with Crippen molar-refractivity contribution in [1.82, 2.24) is 20.1 Å². The summed E-state index contributed by atoms with van der Waals surface area (Å²) in [7, 11) is 1.90. The summed E-state index contributed by atoms with van der Waals surface area (Å²) in [6, 6.07) is 8.96. The van der Waals surface area contributed by atoms with Crippen molar-refractivity contribution in [3.05, 3.63) is 36.2 Å². The lowest BCUT2D eigenvalue weighted by atomic mass is 10.1. The zero-order valence-electron chi connectivity index (χ0n) is 10.9. The molecule has 1 heterocycles. The van der Waals surface area contributed by atoms with Gasteiger partial charge in [0.25, 0.3) is 0 Å². The summed E-state index contributed by atoms with van der Waals surface area (Å²) in [6.07, 6.45) is 1.57. The van der Waals surface area contributed by atoms with Gasteiger partial charge in [-0.05, 0) is 31.2 Å². The van der Waals surface area contributed by atoms with Crippen LogP contribution in [0, 0.1) is 0 Å². The standard InChI is InChI=1S/C13H18N4S/c1-4-14-10(2)11-5-7-12(8-6-11)18-13-15-9-16-17(13)3/h5-10,14H,4H2,1-3H3. The minimum absolute atomic E-state index is 0.392. The lowest BCUT2D eigenvalue weighted by Gasteiger charge is -2.12. The van der Waals surface area contributed by atoms with E-state index in [1.165, 1.54) is 10.5 Å². The van der Waals surface area contributed by atoms with Crippen LogP contribution in [0.1, 0.15) is 25.5 Å². The molecule has 0 bridgehead atoms. The smallest absolute Gasteiger partial charge is 0.190 e. The van der Waals surface area contributed by atoms with Crippen LogP contribution in [0.2, 0.25) is 0 Å². The van der Waals surface area contributed by atoms with E-state index in [1.54, 1.807) is 22.8 Å². The van der Waals surface area contributed by atoms with Gasteiger partial charge in [0.1, 0.15) is 6.33 Å². The predicted octanol–water partition coefficient (Wildman–Crippen LogP) is 2.64. The normalized spacial score (nSPS) is 12.6. The molecule has 0 amide bonds. The third-order valence-corrected chi connectivity index (χ3v) is 3.83. The van der Waals surface area contributed by atoms with Crippen LogP contribution in [-0.2, 0) is 7.05 Å². The van der Waals surface area contributed by atoms with Gasteiger partial charge < -0.3 is 5.32 Å². The number of rotatable bonds is 5. The zero-order valence-corrected chi connectivity index (χ0v) is 11.7. The molecule has 1 aromatic heterocycles. The molecule has 96 valence electrons. The van der Waals surface area contributed by atoms with Crippen LogP contribution >= 0.6 is 11.8 Å². The average molecular weight is 262 g/mol. The Kier molecular flexibility index (Phi) is 4.38. The summed E-state index contributed by atoms with van der Waals surface area (Å²) in [5.41, 5.74) is 1.30. The molecule has 0 saturated carbocycles. The second-order valence-corrected chi connectivity index (χ2v) is 5.16. The Morgan fingerprint density at radius 2 is 2.06 bits per heavy atom. The first-order valence-corrected chi connectivity index (χ1v) is 6.87. The van der Waals surface area contributed by atoms with Crippen LogP contribution in [0.5, 0.6) is 0 Å². The van der Waals surface area contributed by atoms with E-state index in [9.17, 15) is 0 Å². The highest BCUT2D eigenvalue weighted by Gasteiger charge is 2.06. The minimum atomic E-state index is 0.392. The van der Waals surface area contributed by atoms with E-state index in [-0.39, 0.29) is 0 Å². The monoisotopic (exact) mass is 262 g/mol. The van der Waals surface area contributed by atoms with Crippen molar-refractivity contribution in [2.75, 3.05) is 6.54 Å². The van der Waals surface area contributed by atoms with Crippen molar-refractivity contribution in [2.24, 2.45) is 7.05 Å². The second-order valence-electron chi connectivity index (χ2n) is 4.12. The molecule has 0 spiro atoms. The van der Waals surface area contributed by atoms with Crippen molar-refractivity contribution >= 4 is 11.8 Å². The highest BCUT2D eigenvalue weighted by molar-refractivity contribution is 7.99. The van der Waals surface area contributed by atoms with E-state index >= 15 is 0 Å². The van der Waals surface area contributed by atoms with Crippen LogP contribution in [0.4, 0.5) is 0 Å². The van der Waals surface area contributed by atoms with Gasteiger partial charge in [0, 0.05) is 18.0 Å². The third-order valence-electron chi connectivity index (χ3n) is 2.77. The molecule has 2 rings (SSSR count). The molecule has 1 atom stereocenters. The Balaban J connectivity index is 2.06. The molecule has 0 aliphatic heterocycles. The van der Waals surface area contributed by atoms with Crippen LogP contribution in [0.3, 0.4) is 0 Å². The van der Waals surface area contributed by atoms with Crippen molar-refractivity contribution < 1.29 is 0 Å². The highest BCUT2D eigenvalue weighted by atomic mass is 32.2. The molecule has 4 nitrogen and oxygen atoms in total. The van der Waals surface area contributed by atoms with Gasteiger partial charge in [-0.25, -0.2) is 9.67 Å². The lowest BCUT2D eigenvalue weighted by Crippen LogP contribution is -2.17. The Labute approximate surface area is 112 Å². The summed E-state index contributed by atoms with van der Waals surface area (Å²) in [6.45, 7) is 5.28. The molecule has 0 radical (unpaired) electrons. The van der Waals surface area contributed by atoms with E-state index in [0.29, 0.717) is 6.04 Å². The van der Waals surface area contributed by atoms with Crippen molar-refractivity contribution in [1.29, 1.82) is 0 Å². The highest BCUT2D eigenvalue weighted by Crippen LogP contribution is 2.26. The van der Waals surface area contributed by atoms with E-state index < -0.39 is 0 Å². The number of hydrogen-bond donors (Lipinski definition) is 1. The number of hydrogen-bond acceptors (Lipinski definition) is 4. The van der Waals surface area contributed by atoms with Gasteiger partial charge in [0.2, 0.25) is 0 Å². The van der Waals surface area contributed by atoms with E-state index in [0.717, 1.165) is 11.7 Å². The summed E-state index contributed by atoms with van der Waals surface area (Å²) in [5, 5.41) is 8.37. The minimum Gasteiger partial charge on any atom is -0.310 e. The molecule has 2 aromatic rings. The molecular weight excluding hydrogens is 244 g/mol. The molecular formula is C13H18N4S. The molecule has 1 aromatic carbocycles. The Bertz CT molecular complexity index is 492. The van der Waals surface area contributed by atoms with E-state index in [1.807, 2.05) is 7.05 Å². The van der Waals surface area contributed by atoms with E-state index in [2.05, 4.69) is 53.5 Å². The fourth-order valence-corrected chi connectivity index (χ4v) is 2.49. The molecule has 1 N–H and O–H groups in total. The molecule has 1 unspecified atom stereocenters. The molecule has 0 aliphatic carbocycles. The summed E-state index contributed by atoms with van der Waals surface area (Å²) in [4.78, 5) is 5.38. The number of nitrogens with one attached hydrogen (secondary N) is 1. The number of benzene rings is 1. The average Bonchev–Trinajstić information content (AvgIpc) is 2.76. The first-order chi connectivity index (χ1) is 8.70. The summed E-state index contributed by atoms with van der Waals surface area (Å²) < 4.78 is 1.78. The Morgan fingerprint density at radius 3 is 2.61 bits per heavy atom. The number of nitrogens with zero attached hydrogens (tertiary/aromatic N) is 3. The maximum atomic E-state index is 4.20. The van der Waals surface area contributed by atoms with Gasteiger partial charge in [0.15, 0.2) is 5.16 Å². The Morgan fingerprint density at radius 1 is 1.33 bits per heavy atom. The second kappa shape index (κ2) is 6.02. The molecule has 5 heteroatoms. The molecule has 18 heavy (non-hydrogen) atoms. The van der Waals surface area contributed by atoms with Crippen LogP contribution in [0.15, 0.2) is 40.6 Å². The van der Waals surface area contributed by atoms with Crippen LogP contribution in [-0.4, -0.2) is 21.3 Å². The maximum absolute atomic E-state index is 4.20. The topological polar surface area (TPSA) is 42.7 Å². The zero-order chi connectivity index (χ0) is 13.0. The van der Waals surface area contributed by atoms with Gasteiger partial charge in [-0.3, -0.25) is 0 Å². The van der Waals surface area contributed by atoms with Crippen LogP contribution < -0.4 is 5.32 Å². The lowest BCUT2D eigenvalue weighted by molar-refractivity contribution is 0.598. The summed E-state index contributed by atoms with van der Waals surface area (Å²) in [5.74, 6) is 0. The summed E-state index contributed by atoms with van der Waals surface area (Å²) >= 11 is 1.62. The van der Waals surface area contributed by atoms with Gasteiger partial charge in [0.05, 0.1) is 0 Å². The third kappa shape index (κ3) is 3.11. The van der Waals surface area contributed by atoms with Gasteiger partial charge in [-0.15, -0.1) is 0 Å². The fraction of sp³-hybridized carbons (Fsp3) is 0.385. The van der Waals surface area contributed by atoms with Crippen molar-refractivity contribution in [2.45, 2.75) is 29.9 Å². The SMILES string of the molecule is CCNC(C)c1ccc(Sc2ncnn2C)cc1. The van der Waals surface area contributed by atoms with Gasteiger partial charge >= 0.3 is 0 Å². The van der Waals surface area contributed by atoms with Crippen LogP contribution in [0.25, 0.3) is 0 Å². The first kappa shape index (κ1) is 13.1. The number of aromatic nitrogens is 3. The van der Waals surface area contributed by atoms with Crippen molar-refractivity contribution in [3.63, 3.8) is 0 Å². The molecule has 0 aliphatic rings. The molecule has 0 saturated heterocycles. The Hall–Kier alpha value is -1.33. The van der Waals surface area contributed by atoms with Gasteiger partial charge in [-0.1, -0.05) is 30.8 Å². The van der Waals surface area contributed by atoms with Gasteiger partial charge in [-0.2, -0.15) is 5.10 Å². The predicted molar refractivity (Wildman–Crippen MR) is 73.7 cm³/mol. The fourth-order valence-electron chi connectivity index (χ4n) is 1.73. The largest absolute Gasteiger partial charge is 0.310 e. The quantitative estimate of drug-likeness (QED) is 0.899.